The summed E-state index contributed by atoms with van der Waals surface area (Å²) in [7, 11) is -3.74. The van der Waals surface area contributed by atoms with Gasteiger partial charge in [-0.05, 0) is 40.9 Å². The molecule has 0 heterocycles. The minimum absolute atomic E-state index is 0.0443. The van der Waals surface area contributed by atoms with Gasteiger partial charge in [-0.25, -0.2) is 8.42 Å². The predicted octanol–water partition coefficient (Wildman–Crippen LogP) is 2.22. The Labute approximate surface area is 131 Å². The number of sulfonamides is 1. The molecule has 0 aliphatic heterocycles. The lowest BCUT2D eigenvalue weighted by Crippen LogP contribution is -2.45. The quantitative estimate of drug-likeness (QED) is 0.764. The van der Waals surface area contributed by atoms with Crippen molar-refractivity contribution in [3.63, 3.8) is 0 Å². The fourth-order valence-corrected chi connectivity index (χ4v) is 5.10. The Hall–Kier alpha value is -0.340. The molecule has 1 aromatic carbocycles. The molecule has 1 aliphatic rings. The van der Waals surface area contributed by atoms with E-state index < -0.39 is 10.0 Å². The number of nitrogens with two attached hydrogens (primary N) is 1. The molecule has 1 aromatic rings. The summed E-state index contributed by atoms with van der Waals surface area (Å²) in [5.41, 5.74) is 6.02. The van der Waals surface area contributed by atoms with Gasteiger partial charge < -0.3 is 10.8 Å². The van der Waals surface area contributed by atoms with Crippen LogP contribution in [0.2, 0.25) is 5.02 Å². The van der Waals surface area contributed by atoms with Crippen LogP contribution in [0.15, 0.2) is 21.5 Å². The highest BCUT2D eigenvalue weighted by Crippen LogP contribution is 2.36. The van der Waals surface area contributed by atoms with Crippen molar-refractivity contribution < 1.29 is 13.5 Å². The lowest BCUT2D eigenvalue weighted by molar-refractivity contribution is 0.178. The summed E-state index contributed by atoms with van der Waals surface area (Å²) in [6.45, 7) is -0.144. The van der Waals surface area contributed by atoms with Crippen LogP contribution in [-0.4, -0.2) is 37.0 Å². The summed E-state index contributed by atoms with van der Waals surface area (Å²) >= 11 is 9.11. The second-order valence-electron chi connectivity index (χ2n) is 4.73. The molecule has 112 valence electrons. The molecule has 0 unspecified atom stereocenters. The van der Waals surface area contributed by atoms with Crippen molar-refractivity contribution in [2.24, 2.45) is 0 Å². The van der Waals surface area contributed by atoms with E-state index in [9.17, 15) is 8.42 Å². The van der Waals surface area contributed by atoms with E-state index in [-0.39, 0.29) is 34.8 Å². The first-order valence-corrected chi connectivity index (χ1v) is 8.86. The zero-order valence-corrected chi connectivity index (χ0v) is 13.9. The number of nitrogens with zero attached hydrogens (tertiary/aromatic N) is 1. The number of hydrogen-bond acceptors (Lipinski definition) is 4. The zero-order valence-electron chi connectivity index (χ0n) is 10.7. The summed E-state index contributed by atoms with van der Waals surface area (Å²) in [4.78, 5) is 0.0443. The maximum atomic E-state index is 12.8. The number of benzene rings is 1. The molecule has 0 spiro atoms. The monoisotopic (exact) mass is 382 g/mol. The topological polar surface area (TPSA) is 83.6 Å². The molecule has 0 radical (unpaired) electrons. The highest BCUT2D eigenvalue weighted by molar-refractivity contribution is 9.10. The third kappa shape index (κ3) is 2.96. The normalized spacial score (nSPS) is 16.4. The van der Waals surface area contributed by atoms with Gasteiger partial charge in [-0.1, -0.05) is 18.0 Å². The van der Waals surface area contributed by atoms with Gasteiger partial charge >= 0.3 is 0 Å². The van der Waals surface area contributed by atoms with Gasteiger partial charge in [0.25, 0.3) is 0 Å². The zero-order chi connectivity index (χ0) is 14.9. The average molecular weight is 384 g/mol. The molecule has 1 aliphatic carbocycles. The van der Waals surface area contributed by atoms with Crippen molar-refractivity contribution in [1.29, 1.82) is 0 Å². The first-order valence-electron chi connectivity index (χ1n) is 6.25. The second kappa shape index (κ2) is 6.19. The Bertz CT molecular complexity index is 605. The van der Waals surface area contributed by atoms with E-state index in [4.69, 9.17) is 22.4 Å². The van der Waals surface area contributed by atoms with Gasteiger partial charge in [-0.3, -0.25) is 0 Å². The van der Waals surface area contributed by atoms with Gasteiger partial charge in [-0.2, -0.15) is 4.31 Å². The van der Waals surface area contributed by atoms with Crippen molar-refractivity contribution in [2.45, 2.75) is 30.2 Å². The molecule has 0 bridgehead atoms. The van der Waals surface area contributed by atoms with Crippen LogP contribution < -0.4 is 5.73 Å². The maximum absolute atomic E-state index is 12.8. The number of anilines is 1. The van der Waals surface area contributed by atoms with Gasteiger partial charge in [0.2, 0.25) is 10.0 Å². The van der Waals surface area contributed by atoms with Gasteiger partial charge in [-0.15, -0.1) is 0 Å². The minimum atomic E-state index is -3.74. The number of nitrogen functional groups attached to an aromatic ring is 1. The molecule has 2 rings (SSSR count). The molecular formula is C12H16BrClN2O3S. The SMILES string of the molecule is Nc1cc(Cl)cc(S(=O)(=O)N(CCO)C2CCC2)c1Br. The van der Waals surface area contributed by atoms with Crippen LogP contribution in [-0.2, 0) is 10.0 Å². The van der Waals surface area contributed by atoms with E-state index in [1.807, 2.05) is 0 Å². The van der Waals surface area contributed by atoms with E-state index in [1.165, 1.54) is 16.4 Å². The first-order chi connectivity index (χ1) is 9.37. The highest BCUT2D eigenvalue weighted by atomic mass is 79.9. The van der Waals surface area contributed by atoms with Crippen molar-refractivity contribution in [3.05, 3.63) is 21.6 Å². The lowest BCUT2D eigenvalue weighted by atomic mass is 9.93. The fraction of sp³-hybridized carbons (Fsp3) is 0.500. The van der Waals surface area contributed by atoms with E-state index in [1.54, 1.807) is 0 Å². The van der Waals surface area contributed by atoms with Crippen LogP contribution in [0, 0.1) is 0 Å². The Morgan fingerprint density at radius 3 is 2.60 bits per heavy atom. The molecule has 0 atom stereocenters. The molecule has 5 nitrogen and oxygen atoms in total. The molecule has 0 amide bonds. The standard InChI is InChI=1S/C12H16BrClN2O3S/c13-12-10(15)6-8(14)7-11(12)20(18,19)16(4-5-17)9-2-1-3-9/h6-7,9,17H,1-5,15H2. The summed E-state index contributed by atoms with van der Waals surface area (Å²) in [5.74, 6) is 0. The average Bonchev–Trinajstić information content (AvgIpc) is 2.30. The fourth-order valence-electron chi connectivity index (χ4n) is 2.17. The van der Waals surface area contributed by atoms with Crippen LogP contribution in [0.4, 0.5) is 5.69 Å². The van der Waals surface area contributed by atoms with Crippen molar-refractivity contribution >= 4 is 43.2 Å². The minimum Gasteiger partial charge on any atom is -0.398 e. The molecule has 1 fully saturated rings. The molecular weight excluding hydrogens is 368 g/mol. The van der Waals surface area contributed by atoms with Crippen molar-refractivity contribution in [1.82, 2.24) is 4.31 Å². The Balaban J connectivity index is 2.47. The van der Waals surface area contributed by atoms with Crippen LogP contribution in [0.1, 0.15) is 19.3 Å². The molecule has 8 heteroatoms. The summed E-state index contributed by atoms with van der Waals surface area (Å²) in [6, 6.07) is 2.81. The highest BCUT2D eigenvalue weighted by Gasteiger charge is 2.36. The van der Waals surface area contributed by atoms with Crippen LogP contribution in [0.25, 0.3) is 0 Å². The molecule has 20 heavy (non-hydrogen) atoms. The van der Waals surface area contributed by atoms with Crippen LogP contribution >= 0.6 is 27.5 Å². The third-order valence-corrected chi connectivity index (χ3v) is 6.76. The summed E-state index contributed by atoms with van der Waals surface area (Å²) in [5, 5.41) is 9.39. The number of rotatable bonds is 5. The maximum Gasteiger partial charge on any atom is 0.244 e. The van der Waals surface area contributed by atoms with Crippen molar-refractivity contribution in [3.8, 4) is 0 Å². The van der Waals surface area contributed by atoms with Crippen molar-refractivity contribution in [2.75, 3.05) is 18.9 Å². The number of halogens is 2. The molecule has 0 aromatic heterocycles. The van der Waals surface area contributed by atoms with Gasteiger partial charge in [0.1, 0.15) is 0 Å². The number of aliphatic hydroxyl groups excluding tert-OH is 1. The third-order valence-electron chi connectivity index (χ3n) is 3.42. The Morgan fingerprint density at radius 2 is 2.10 bits per heavy atom. The first kappa shape index (κ1) is 16.0. The van der Waals surface area contributed by atoms with Gasteiger partial charge in [0.15, 0.2) is 0 Å². The summed E-state index contributed by atoms with van der Waals surface area (Å²) in [6.07, 6.45) is 2.63. The smallest absolute Gasteiger partial charge is 0.244 e. The molecule has 1 saturated carbocycles. The Kier molecular flexibility index (Phi) is 4.96. The Morgan fingerprint density at radius 1 is 1.45 bits per heavy atom. The van der Waals surface area contributed by atoms with Gasteiger partial charge in [0, 0.05) is 23.3 Å². The van der Waals surface area contributed by atoms with E-state index in [0.717, 1.165) is 19.3 Å². The van der Waals surface area contributed by atoms with Gasteiger partial charge in [0.05, 0.1) is 16.0 Å². The van der Waals surface area contributed by atoms with Crippen LogP contribution in [0.3, 0.4) is 0 Å². The van der Waals surface area contributed by atoms with E-state index in [0.29, 0.717) is 4.47 Å². The summed E-state index contributed by atoms with van der Waals surface area (Å²) < 4.78 is 27.2. The molecule has 0 saturated heterocycles. The lowest BCUT2D eigenvalue weighted by Gasteiger charge is -2.36. The largest absolute Gasteiger partial charge is 0.398 e. The van der Waals surface area contributed by atoms with E-state index >= 15 is 0 Å². The number of hydrogen-bond donors (Lipinski definition) is 2. The predicted molar refractivity (Wildman–Crippen MR) is 82.2 cm³/mol. The molecule has 3 N–H and O–H groups in total. The van der Waals surface area contributed by atoms with Crippen LogP contribution in [0.5, 0.6) is 0 Å². The second-order valence-corrected chi connectivity index (χ2v) is 7.82. The van der Waals surface area contributed by atoms with E-state index in [2.05, 4.69) is 15.9 Å². The number of aliphatic hydroxyl groups is 1.